The van der Waals surface area contributed by atoms with Crippen molar-refractivity contribution in [1.29, 1.82) is 0 Å². The van der Waals surface area contributed by atoms with E-state index in [4.69, 9.17) is 0 Å². The number of hydrogen-bond acceptors (Lipinski definition) is 2. The summed E-state index contributed by atoms with van der Waals surface area (Å²) in [6, 6.07) is 0. The molecular weight excluding hydrogens is 196 g/mol. The minimum atomic E-state index is 0.901. The third-order valence-electron chi connectivity index (χ3n) is 1.60. The van der Waals surface area contributed by atoms with Crippen molar-refractivity contribution in [3.8, 4) is 0 Å². The van der Waals surface area contributed by atoms with Crippen LogP contribution in [0.15, 0.2) is 70.7 Å². The molecule has 0 unspecified atom stereocenters. The first-order chi connectivity index (χ1) is 7.70. The number of nitrogens with zero attached hydrogens (tertiary/aromatic N) is 2. The molecule has 0 fully saturated rings. The van der Waals surface area contributed by atoms with Gasteiger partial charge in [0.15, 0.2) is 0 Å². The molecule has 0 radical (unpaired) electrons. The van der Waals surface area contributed by atoms with Gasteiger partial charge in [-0.3, -0.25) is 9.98 Å². The molecule has 0 amide bonds. The van der Waals surface area contributed by atoms with E-state index in [0.29, 0.717) is 0 Å². The van der Waals surface area contributed by atoms with Crippen molar-refractivity contribution in [1.82, 2.24) is 0 Å². The minimum Gasteiger partial charge on any atom is -0.297 e. The van der Waals surface area contributed by atoms with Crippen molar-refractivity contribution in [2.75, 3.05) is 14.1 Å². The lowest BCUT2D eigenvalue weighted by Crippen LogP contribution is -1.72. The van der Waals surface area contributed by atoms with Gasteiger partial charge < -0.3 is 0 Å². The molecule has 0 heterocycles. The van der Waals surface area contributed by atoms with Gasteiger partial charge in [0.25, 0.3) is 0 Å². The maximum absolute atomic E-state index is 3.87. The number of allylic oxidation sites excluding steroid dienone is 8. The highest BCUT2D eigenvalue weighted by Gasteiger charge is 1.81. The molecule has 2 heteroatoms. The van der Waals surface area contributed by atoms with Crippen LogP contribution in [-0.4, -0.2) is 26.5 Å². The second kappa shape index (κ2) is 9.59. The van der Waals surface area contributed by atoms with Crippen molar-refractivity contribution < 1.29 is 0 Å². The van der Waals surface area contributed by atoms with Gasteiger partial charge in [-0.2, -0.15) is 0 Å². The zero-order valence-electron chi connectivity index (χ0n) is 9.93. The van der Waals surface area contributed by atoms with Crippen LogP contribution < -0.4 is 0 Å². The molecule has 0 bridgehead atoms. The van der Waals surface area contributed by atoms with Crippen LogP contribution in [0.25, 0.3) is 0 Å². The topological polar surface area (TPSA) is 24.7 Å². The van der Waals surface area contributed by atoms with Gasteiger partial charge in [0.05, 0.1) is 0 Å². The summed E-state index contributed by atoms with van der Waals surface area (Å²) in [7, 11) is 3.45. The minimum absolute atomic E-state index is 0.901. The van der Waals surface area contributed by atoms with Crippen molar-refractivity contribution in [2.45, 2.75) is 0 Å². The molecule has 0 aliphatic carbocycles. The Labute approximate surface area is 97.8 Å². The largest absolute Gasteiger partial charge is 0.297 e. The van der Waals surface area contributed by atoms with Crippen molar-refractivity contribution in [3.63, 3.8) is 0 Å². The summed E-state index contributed by atoms with van der Waals surface area (Å²) < 4.78 is 0. The number of aliphatic imine (C=N–C) groups is 2. The summed E-state index contributed by atoms with van der Waals surface area (Å²) in [5, 5.41) is 0. The Morgan fingerprint density at radius 3 is 1.44 bits per heavy atom. The zero-order valence-corrected chi connectivity index (χ0v) is 9.93. The molecule has 16 heavy (non-hydrogen) atoms. The molecule has 0 aliphatic rings. The molecule has 0 N–H and O–H groups in total. The predicted octanol–water partition coefficient (Wildman–Crippen LogP) is 3.17. The first kappa shape index (κ1) is 14.0. The number of hydrogen-bond donors (Lipinski definition) is 0. The molecule has 84 valence electrons. The van der Waals surface area contributed by atoms with Gasteiger partial charge in [-0.25, -0.2) is 0 Å². The van der Waals surface area contributed by atoms with Crippen LogP contribution in [-0.2, 0) is 0 Å². The van der Waals surface area contributed by atoms with Crippen LogP contribution in [0.2, 0.25) is 0 Å². The first-order valence-electron chi connectivity index (χ1n) is 4.94. The fourth-order valence-corrected chi connectivity index (χ4v) is 0.831. The van der Waals surface area contributed by atoms with Crippen molar-refractivity contribution in [2.24, 2.45) is 9.98 Å². The summed E-state index contributed by atoms with van der Waals surface area (Å²) in [5.41, 5.74) is 1.80. The van der Waals surface area contributed by atoms with Gasteiger partial charge in [-0.1, -0.05) is 37.5 Å². The Balaban J connectivity index is 4.17. The van der Waals surface area contributed by atoms with Crippen LogP contribution in [0, 0.1) is 0 Å². The van der Waals surface area contributed by atoms with E-state index in [1.165, 1.54) is 0 Å². The van der Waals surface area contributed by atoms with Gasteiger partial charge in [0.2, 0.25) is 0 Å². The highest BCUT2D eigenvalue weighted by molar-refractivity contribution is 5.72. The van der Waals surface area contributed by atoms with Gasteiger partial charge in [0.1, 0.15) is 0 Å². The Morgan fingerprint density at radius 1 is 0.750 bits per heavy atom. The number of rotatable bonds is 6. The smallest absolute Gasteiger partial charge is 0.0277 e. The van der Waals surface area contributed by atoms with Crippen LogP contribution in [0.4, 0.5) is 0 Å². The maximum atomic E-state index is 3.87. The lowest BCUT2D eigenvalue weighted by Gasteiger charge is -1.90. The summed E-state index contributed by atoms with van der Waals surface area (Å²) in [4.78, 5) is 7.66. The Kier molecular flexibility index (Phi) is 8.41. The third-order valence-corrected chi connectivity index (χ3v) is 1.60. The first-order valence-corrected chi connectivity index (χ1v) is 4.94. The van der Waals surface area contributed by atoms with E-state index in [-0.39, 0.29) is 0 Å². The Morgan fingerprint density at radius 2 is 1.12 bits per heavy atom. The average Bonchev–Trinajstić information content (AvgIpc) is 2.27. The Hall–Kier alpha value is -1.96. The van der Waals surface area contributed by atoms with E-state index in [9.17, 15) is 0 Å². The van der Waals surface area contributed by atoms with Crippen molar-refractivity contribution >= 4 is 12.4 Å². The highest BCUT2D eigenvalue weighted by atomic mass is 14.6. The van der Waals surface area contributed by atoms with E-state index in [2.05, 4.69) is 23.1 Å². The monoisotopic (exact) mass is 214 g/mol. The van der Waals surface area contributed by atoms with Crippen LogP contribution in [0.1, 0.15) is 0 Å². The van der Waals surface area contributed by atoms with E-state index >= 15 is 0 Å². The van der Waals surface area contributed by atoms with Crippen molar-refractivity contribution in [3.05, 3.63) is 60.8 Å². The van der Waals surface area contributed by atoms with E-state index in [1.54, 1.807) is 26.5 Å². The predicted molar refractivity (Wildman–Crippen MR) is 74.5 cm³/mol. The lowest BCUT2D eigenvalue weighted by atomic mass is 10.2. The molecule has 0 saturated carbocycles. The maximum Gasteiger partial charge on any atom is 0.0277 e. The average molecular weight is 214 g/mol. The second-order valence-corrected chi connectivity index (χ2v) is 3.02. The van der Waals surface area contributed by atoms with E-state index < -0.39 is 0 Å². The lowest BCUT2D eigenvalue weighted by molar-refractivity contribution is 1.47. The highest BCUT2D eigenvalue weighted by Crippen LogP contribution is 2.00. The molecule has 2 nitrogen and oxygen atoms in total. The zero-order chi connectivity index (χ0) is 12.2. The van der Waals surface area contributed by atoms with Crippen LogP contribution >= 0.6 is 0 Å². The van der Waals surface area contributed by atoms with Gasteiger partial charge in [-0.05, 0) is 23.3 Å². The Bertz CT molecular complexity index is 330. The quantitative estimate of drug-likeness (QED) is 0.479. The molecule has 0 aromatic carbocycles. The summed E-state index contributed by atoms with van der Waals surface area (Å²) >= 11 is 0. The fraction of sp³-hybridized carbons (Fsp3) is 0.143. The van der Waals surface area contributed by atoms with Gasteiger partial charge in [-0.15, -0.1) is 0 Å². The molecule has 0 spiro atoms. The molecule has 0 aliphatic heterocycles. The van der Waals surface area contributed by atoms with E-state index in [1.807, 2.05) is 36.5 Å². The molecule has 0 rings (SSSR count). The normalized spacial score (nSPS) is 12.9. The molecule has 0 saturated heterocycles. The third kappa shape index (κ3) is 8.63. The summed E-state index contributed by atoms with van der Waals surface area (Å²) in [6.07, 6.45) is 14.7. The SMILES string of the molecule is C=C(/C=C\C=NC)/C=C\C(=C)/C=C\C=NC. The summed E-state index contributed by atoms with van der Waals surface area (Å²) in [5.74, 6) is 0. The fourth-order valence-electron chi connectivity index (χ4n) is 0.831. The molecular formula is C14H18N2. The van der Waals surface area contributed by atoms with Crippen LogP contribution in [0.5, 0.6) is 0 Å². The summed E-state index contributed by atoms with van der Waals surface area (Å²) in [6.45, 7) is 7.74. The molecule has 0 aromatic rings. The standard InChI is InChI=1S/C14H18N2/c1-13(7-5-11-15-3)9-10-14(2)8-6-12-16-4/h5-12H,1-2H2,3-4H3/b7-5-,8-6-,10-9-,15-11?,16-12?. The van der Waals surface area contributed by atoms with Crippen LogP contribution in [0.3, 0.4) is 0 Å². The van der Waals surface area contributed by atoms with E-state index in [0.717, 1.165) is 11.1 Å². The van der Waals surface area contributed by atoms with Gasteiger partial charge >= 0.3 is 0 Å². The second-order valence-electron chi connectivity index (χ2n) is 3.02. The van der Waals surface area contributed by atoms with Gasteiger partial charge in [0, 0.05) is 26.5 Å². The molecule has 0 aromatic heterocycles. The molecule has 0 atom stereocenters.